The number of morpholine rings is 1. The zero-order valence-electron chi connectivity index (χ0n) is 18.4. The molecule has 0 spiro atoms. The van der Waals surface area contributed by atoms with E-state index in [9.17, 15) is 56.4 Å². The second kappa shape index (κ2) is 10.2. The summed E-state index contributed by atoms with van der Waals surface area (Å²) in [5.41, 5.74) is -12.2. The molecule has 0 saturated carbocycles. The third kappa shape index (κ3) is 6.05. The number of benzene rings is 1. The molecular weight excluding hydrogens is 616 g/mol. The van der Waals surface area contributed by atoms with Crippen LogP contribution in [0.25, 0.3) is 0 Å². The molecule has 3 rings (SSSR count). The van der Waals surface area contributed by atoms with Crippen molar-refractivity contribution in [3.05, 3.63) is 29.3 Å². The number of halogens is 6. The second-order valence-corrected chi connectivity index (χ2v) is 13.8. The van der Waals surface area contributed by atoms with E-state index in [-0.39, 0.29) is 30.2 Å². The standard InChI is InChI=1S/C17H15F6N3O8S4/c18-16(19,20)36(28,29)11-1-2-12(13(8-11)37(30,31)17(21,22)23)38(32,33)25-15-24-10(9-35-15)7-14(27)26-3-5-34-6-4-26/h1-2,8-9H,3-7H2,(H,24,25). The summed E-state index contributed by atoms with van der Waals surface area (Å²) in [4.78, 5) is 11.7. The molecule has 0 atom stereocenters. The number of hydrogen-bond donors (Lipinski definition) is 1. The Morgan fingerprint density at radius 2 is 1.53 bits per heavy atom. The van der Waals surface area contributed by atoms with Crippen molar-refractivity contribution >= 4 is 52.1 Å². The molecule has 1 saturated heterocycles. The lowest BCUT2D eigenvalue weighted by molar-refractivity contribution is -0.134. The summed E-state index contributed by atoms with van der Waals surface area (Å²) in [7, 11) is -18.3. The Labute approximate surface area is 215 Å². The van der Waals surface area contributed by atoms with Crippen molar-refractivity contribution in [3.8, 4) is 0 Å². The highest BCUT2D eigenvalue weighted by atomic mass is 32.2. The number of nitrogens with one attached hydrogen (secondary N) is 1. The molecule has 1 aliphatic heterocycles. The van der Waals surface area contributed by atoms with Crippen molar-refractivity contribution in [2.45, 2.75) is 32.1 Å². The Hall–Kier alpha value is -2.49. The fourth-order valence-electron chi connectivity index (χ4n) is 3.03. The third-order valence-electron chi connectivity index (χ3n) is 4.88. The smallest absolute Gasteiger partial charge is 0.378 e. The van der Waals surface area contributed by atoms with Crippen LogP contribution in [0, 0.1) is 0 Å². The van der Waals surface area contributed by atoms with E-state index in [1.54, 1.807) is 4.72 Å². The van der Waals surface area contributed by atoms with Gasteiger partial charge in [-0.25, -0.2) is 30.2 Å². The van der Waals surface area contributed by atoms with Crippen LogP contribution in [-0.2, 0) is 45.7 Å². The molecule has 0 unspecified atom stereocenters. The molecule has 2 aromatic rings. The number of alkyl halides is 6. The summed E-state index contributed by atoms with van der Waals surface area (Å²) in [5, 5.41) is 0.722. The van der Waals surface area contributed by atoms with Gasteiger partial charge in [-0.15, -0.1) is 11.3 Å². The van der Waals surface area contributed by atoms with Crippen LogP contribution in [0.5, 0.6) is 0 Å². The number of anilines is 1. The average Bonchev–Trinajstić information content (AvgIpc) is 3.23. The summed E-state index contributed by atoms with van der Waals surface area (Å²) in [6.45, 7) is 1.22. The van der Waals surface area contributed by atoms with Gasteiger partial charge in [0.15, 0.2) is 5.13 Å². The highest BCUT2D eigenvalue weighted by Crippen LogP contribution is 2.38. The fraction of sp³-hybridized carbons (Fsp3) is 0.412. The van der Waals surface area contributed by atoms with Gasteiger partial charge >= 0.3 is 11.0 Å². The molecule has 38 heavy (non-hydrogen) atoms. The number of sulfonamides is 1. The molecular formula is C17H15F6N3O8S4. The molecule has 1 aromatic heterocycles. The highest BCUT2D eigenvalue weighted by Gasteiger charge is 2.51. The molecule has 0 bridgehead atoms. The number of rotatable bonds is 7. The van der Waals surface area contributed by atoms with Gasteiger partial charge in [0.05, 0.1) is 35.1 Å². The number of ether oxygens (including phenoxy) is 1. The van der Waals surface area contributed by atoms with E-state index in [4.69, 9.17) is 4.74 Å². The zero-order valence-corrected chi connectivity index (χ0v) is 21.7. The number of nitrogens with zero attached hydrogens (tertiary/aromatic N) is 2. The van der Waals surface area contributed by atoms with Crippen LogP contribution in [-0.4, -0.2) is 78.4 Å². The zero-order chi connectivity index (χ0) is 28.7. The quantitative estimate of drug-likeness (QED) is 0.451. The lowest BCUT2D eigenvalue weighted by atomic mass is 10.3. The first-order valence-electron chi connectivity index (χ1n) is 9.87. The maximum atomic E-state index is 13.2. The maximum absolute atomic E-state index is 13.2. The van der Waals surface area contributed by atoms with Crippen LogP contribution < -0.4 is 4.72 Å². The Kier molecular flexibility index (Phi) is 8.10. The molecule has 1 N–H and O–H groups in total. The van der Waals surface area contributed by atoms with E-state index in [0.717, 1.165) is 0 Å². The lowest BCUT2D eigenvalue weighted by Gasteiger charge is -2.26. The minimum Gasteiger partial charge on any atom is -0.378 e. The Balaban J connectivity index is 1.99. The van der Waals surface area contributed by atoms with Crippen LogP contribution in [0.4, 0.5) is 31.5 Å². The summed E-state index contributed by atoms with van der Waals surface area (Å²) in [5.74, 6) is -0.381. The van der Waals surface area contributed by atoms with Crippen LogP contribution in [0.15, 0.2) is 38.3 Å². The fourth-order valence-corrected chi connectivity index (χ4v) is 7.45. The Morgan fingerprint density at radius 3 is 2.08 bits per heavy atom. The largest absolute Gasteiger partial charge is 0.501 e. The van der Waals surface area contributed by atoms with Crippen molar-refractivity contribution in [2.75, 3.05) is 31.0 Å². The highest BCUT2D eigenvalue weighted by molar-refractivity contribution is 7.96. The van der Waals surface area contributed by atoms with Gasteiger partial charge in [-0.2, -0.15) is 26.3 Å². The molecule has 1 aromatic carbocycles. The van der Waals surface area contributed by atoms with Gasteiger partial charge in [-0.05, 0) is 18.2 Å². The molecule has 21 heteroatoms. The summed E-state index contributed by atoms with van der Waals surface area (Å²) in [6.07, 6.45) is -0.282. The van der Waals surface area contributed by atoms with Gasteiger partial charge in [0.1, 0.15) is 4.90 Å². The first kappa shape index (κ1) is 30.1. The number of carbonyl (C=O) groups is 1. The second-order valence-electron chi connectivity index (χ2n) is 7.43. The first-order valence-corrected chi connectivity index (χ1v) is 15.2. The minimum absolute atomic E-state index is 0.00105. The molecule has 212 valence electrons. The Bertz CT molecular complexity index is 1540. The van der Waals surface area contributed by atoms with Gasteiger partial charge in [0.2, 0.25) is 5.91 Å². The Morgan fingerprint density at radius 1 is 0.947 bits per heavy atom. The van der Waals surface area contributed by atoms with Gasteiger partial charge in [-0.1, -0.05) is 0 Å². The van der Waals surface area contributed by atoms with Crippen LogP contribution in [0.1, 0.15) is 5.69 Å². The van der Waals surface area contributed by atoms with Gasteiger partial charge in [-0.3, -0.25) is 9.52 Å². The molecule has 1 amide bonds. The third-order valence-corrected chi connectivity index (χ3v) is 10.4. The summed E-state index contributed by atoms with van der Waals surface area (Å²) in [6, 6.07) is -0.550. The van der Waals surface area contributed by atoms with Gasteiger partial charge in [0, 0.05) is 18.5 Å². The van der Waals surface area contributed by atoms with Gasteiger partial charge < -0.3 is 9.64 Å². The number of hydrogen-bond acceptors (Lipinski definition) is 10. The van der Waals surface area contributed by atoms with Crippen molar-refractivity contribution in [1.82, 2.24) is 9.88 Å². The number of sulfone groups is 2. The number of thiazole rings is 1. The van der Waals surface area contributed by atoms with Crippen molar-refractivity contribution in [3.63, 3.8) is 0 Å². The molecule has 11 nitrogen and oxygen atoms in total. The molecule has 0 radical (unpaired) electrons. The normalized spacial score (nSPS) is 15.9. The lowest BCUT2D eigenvalue weighted by Crippen LogP contribution is -2.41. The predicted molar refractivity (Wildman–Crippen MR) is 117 cm³/mol. The average molecular weight is 632 g/mol. The predicted octanol–water partition coefficient (Wildman–Crippen LogP) is 1.93. The van der Waals surface area contributed by atoms with Crippen LogP contribution in [0.3, 0.4) is 0 Å². The summed E-state index contributed by atoms with van der Waals surface area (Å²) >= 11 is 0.576. The number of amides is 1. The number of carbonyl (C=O) groups excluding carboxylic acids is 1. The molecule has 2 heterocycles. The van der Waals surface area contributed by atoms with Crippen molar-refractivity contribution in [1.29, 1.82) is 0 Å². The molecule has 1 fully saturated rings. The van der Waals surface area contributed by atoms with E-state index in [2.05, 4.69) is 4.98 Å². The topological polar surface area (TPSA) is 157 Å². The SMILES string of the molecule is O=C(Cc1csc(NS(=O)(=O)c2ccc(S(=O)(=O)C(F)(F)F)cc2S(=O)(=O)C(F)(F)F)n1)N1CCOCC1. The van der Waals surface area contributed by atoms with Crippen LogP contribution >= 0.6 is 11.3 Å². The molecule has 0 aliphatic carbocycles. The van der Waals surface area contributed by atoms with Crippen molar-refractivity contribution in [2.24, 2.45) is 0 Å². The van der Waals surface area contributed by atoms with Crippen molar-refractivity contribution < 1.29 is 61.1 Å². The van der Waals surface area contributed by atoms with Gasteiger partial charge in [0.25, 0.3) is 29.7 Å². The van der Waals surface area contributed by atoms with Crippen LogP contribution in [0.2, 0.25) is 0 Å². The van der Waals surface area contributed by atoms with E-state index in [1.807, 2.05) is 0 Å². The summed E-state index contributed by atoms with van der Waals surface area (Å²) < 4.78 is 158. The number of aromatic nitrogens is 1. The van der Waals surface area contributed by atoms with E-state index in [1.165, 1.54) is 10.3 Å². The maximum Gasteiger partial charge on any atom is 0.501 e. The minimum atomic E-state index is -6.66. The molecule has 1 aliphatic rings. The first-order chi connectivity index (χ1) is 17.3. The van der Waals surface area contributed by atoms with E-state index < -0.39 is 66.6 Å². The monoisotopic (exact) mass is 631 g/mol. The van der Waals surface area contributed by atoms with E-state index in [0.29, 0.717) is 37.6 Å². The van der Waals surface area contributed by atoms with E-state index >= 15 is 0 Å².